The normalized spacial score (nSPS) is 25.0. The second-order valence-electron chi connectivity index (χ2n) is 12.8. The summed E-state index contributed by atoms with van der Waals surface area (Å²) in [4.78, 5) is 39.6. The van der Waals surface area contributed by atoms with Crippen LogP contribution in [-0.2, 0) is 9.53 Å². The standard InChI is InChI=1S/C33H47N7O3/c1-23-33(42)37(2)29-14-15-30(36-31(29)40(23)20-21-43-3)34-26-8-6-25(7-9-26)32(41)35-27-10-12-28(13-11-27)39-18-16-38(17-19-39)22-24-4-5-24/h6-9,14-15,23-24,27-28H,4-5,10-13,16-22H2,1-3H3,(H,34,36)(H,35,41). The molecule has 1 aromatic carbocycles. The summed E-state index contributed by atoms with van der Waals surface area (Å²) in [5.41, 5.74) is 2.29. The van der Waals surface area contributed by atoms with Gasteiger partial charge in [0.15, 0.2) is 5.82 Å². The van der Waals surface area contributed by atoms with Crippen molar-refractivity contribution in [1.29, 1.82) is 0 Å². The summed E-state index contributed by atoms with van der Waals surface area (Å²) in [5.74, 6) is 2.42. The highest BCUT2D eigenvalue weighted by molar-refractivity contribution is 6.04. The summed E-state index contributed by atoms with van der Waals surface area (Å²) in [5, 5.41) is 6.64. The Kier molecular flexibility index (Phi) is 9.16. The van der Waals surface area contributed by atoms with Gasteiger partial charge in [-0.05, 0) is 87.8 Å². The van der Waals surface area contributed by atoms with E-state index in [9.17, 15) is 9.59 Å². The quantitative estimate of drug-likeness (QED) is 0.434. The molecule has 10 heteroatoms. The molecule has 1 aromatic heterocycles. The first-order chi connectivity index (χ1) is 20.9. The molecule has 2 N–H and O–H groups in total. The van der Waals surface area contributed by atoms with Gasteiger partial charge < -0.3 is 30.1 Å². The number of rotatable bonds is 10. The molecule has 6 rings (SSSR count). The zero-order valence-corrected chi connectivity index (χ0v) is 25.9. The molecule has 0 bridgehead atoms. The second-order valence-corrected chi connectivity index (χ2v) is 12.8. The van der Waals surface area contributed by atoms with E-state index in [0.717, 1.165) is 48.8 Å². The van der Waals surface area contributed by atoms with Gasteiger partial charge in [0.1, 0.15) is 11.9 Å². The number of aromatic nitrogens is 1. The van der Waals surface area contributed by atoms with Gasteiger partial charge in [-0.2, -0.15) is 0 Å². The number of anilines is 4. The monoisotopic (exact) mass is 589 g/mol. The van der Waals surface area contributed by atoms with E-state index >= 15 is 0 Å². The molecule has 3 fully saturated rings. The van der Waals surface area contributed by atoms with Crippen LogP contribution in [-0.4, -0.2) is 105 Å². The number of ether oxygens (including phenoxy) is 1. The van der Waals surface area contributed by atoms with Crippen molar-refractivity contribution in [3.63, 3.8) is 0 Å². The van der Waals surface area contributed by atoms with Gasteiger partial charge in [0.05, 0.1) is 12.3 Å². The van der Waals surface area contributed by atoms with Gasteiger partial charge in [-0.15, -0.1) is 0 Å². The van der Waals surface area contributed by atoms with E-state index in [1.54, 1.807) is 19.1 Å². The summed E-state index contributed by atoms with van der Waals surface area (Å²) in [6.07, 6.45) is 7.28. The number of hydrogen-bond acceptors (Lipinski definition) is 8. The fraction of sp³-hybridized carbons (Fsp3) is 0.606. The van der Waals surface area contributed by atoms with Crippen LogP contribution >= 0.6 is 0 Å². The number of hydrogen-bond donors (Lipinski definition) is 2. The van der Waals surface area contributed by atoms with Crippen molar-refractivity contribution in [2.45, 2.75) is 63.6 Å². The number of piperazine rings is 1. The van der Waals surface area contributed by atoms with Crippen LogP contribution in [0, 0.1) is 5.92 Å². The Labute approximate surface area is 255 Å². The summed E-state index contributed by atoms with van der Waals surface area (Å²) in [6.45, 7) is 9.09. The number of benzene rings is 1. The van der Waals surface area contributed by atoms with Crippen molar-refractivity contribution in [2.24, 2.45) is 5.92 Å². The van der Waals surface area contributed by atoms with Crippen molar-refractivity contribution in [3.8, 4) is 0 Å². The third kappa shape index (κ3) is 6.97. The van der Waals surface area contributed by atoms with Gasteiger partial charge in [-0.1, -0.05) is 0 Å². The lowest BCUT2D eigenvalue weighted by Gasteiger charge is -2.42. The molecule has 0 spiro atoms. The van der Waals surface area contributed by atoms with Gasteiger partial charge in [0, 0.05) is 76.8 Å². The van der Waals surface area contributed by atoms with Crippen molar-refractivity contribution < 1.29 is 14.3 Å². The zero-order chi connectivity index (χ0) is 29.9. The summed E-state index contributed by atoms with van der Waals surface area (Å²) in [6, 6.07) is 11.9. The van der Waals surface area contributed by atoms with Crippen LogP contribution in [0.4, 0.5) is 23.0 Å². The first kappa shape index (κ1) is 29.8. The Morgan fingerprint density at radius 1 is 0.977 bits per heavy atom. The average Bonchev–Trinajstić information content (AvgIpc) is 3.85. The van der Waals surface area contributed by atoms with E-state index in [1.165, 1.54) is 45.6 Å². The minimum Gasteiger partial charge on any atom is -0.383 e. The van der Waals surface area contributed by atoms with Gasteiger partial charge in [0.25, 0.3) is 5.91 Å². The number of nitrogens with one attached hydrogen (secondary N) is 2. The van der Waals surface area contributed by atoms with Gasteiger partial charge in [-0.25, -0.2) is 4.98 Å². The maximum atomic E-state index is 13.1. The van der Waals surface area contributed by atoms with E-state index in [0.29, 0.717) is 30.6 Å². The lowest BCUT2D eigenvalue weighted by atomic mass is 9.89. The maximum absolute atomic E-state index is 13.1. The first-order valence-corrected chi connectivity index (χ1v) is 16.1. The third-order valence-electron chi connectivity index (χ3n) is 9.77. The highest BCUT2D eigenvalue weighted by atomic mass is 16.5. The number of pyridine rings is 1. The highest BCUT2D eigenvalue weighted by Crippen LogP contribution is 2.35. The minimum absolute atomic E-state index is 0.00827. The molecule has 1 atom stereocenters. The number of methoxy groups -OCH3 is 1. The van der Waals surface area contributed by atoms with E-state index in [2.05, 4.69) is 20.4 Å². The second kappa shape index (κ2) is 13.2. The van der Waals surface area contributed by atoms with Gasteiger partial charge in [0.2, 0.25) is 5.91 Å². The number of nitrogens with zero attached hydrogens (tertiary/aromatic N) is 5. The van der Waals surface area contributed by atoms with Crippen molar-refractivity contribution in [2.75, 3.05) is 75.1 Å². The van der Waals surface area contributed by atoms with Crippen molar-refractivity contribution >= 4 is 34.8 Å². The smallest absolute Gasteiger partial charge is 0.251 e. The Balaban J connectivity index is 0.997. The number of amides is 2. The Bertz CT molecular complexity index is 1270. The topological polar surface area (TPSA) is 93.3 Å². The molecular formula is C33H47N7O3. The summed E-state index contributed by atoms with van der Waals surface area (Å²) in [7, 11) is 3.44. The molecule has 2 amide bonds. The fourth-order valence-corrected chi connectivity index (χ4v) is 6.87. The Morgan fingerprint density at radius 3 is 2.37 bits per heavy atom. The SMILES string of the molecule is COCCN1c2nc(Nc3ccc(C(=O)NC4CCC(N5CCN(CC6CC6)CC5)CC4)cc3)ccc2N(C)C(=O)C1C. The number of carbonyl (C=O) groups is 2. The van der Waals surface area contributed by atoms with E-state index in [1.807, 2.05) is 48.2 Å². The van der Waals surface area contributed by atoms with Crippen LogP contribution in [0.2, 0.25) is 0 Å². The molecule has 2 saturated carbocycles. The third-order valence-corrected chi connectivity index (χ3v) is 9.77. The lowest BCUT2D eigenvalue weighted by molar-refractivity contribution is -0.119. The van der Waals surface area contributed by atoms with E-state index in [4.69, 9.17) is 9.72 Å². The Hall–Kier alpha value is -3.21. The minimum atomic E-state index is -0.324. The van der Waals surface area contributed by atoms with Gasteiger partial charge >= 0.3 is 0 Å². The molecule has 10 nitrogen and oxygen atoms in total. The maximum Gasteiger partial charge on any atom is 0.251 e. The molecule has 1 unspecified atom stereocenters. The molecule has 2 aliphatic carbocycles. The molecule has 0 radical (unpaired) electrons. The summed E-state index contributed by atoms with van der Waals surface area (Å²) < 4.78 is 5.27. The molecule has 2 aromatic rings. The molecular weight excluding hydrogens is 542 g/mol. The molecule has 232 valence electrons. The van der Waals surface area contributed by atoms with Gasteiger partial charge in [-0.3, -0.25) is 14.5 Å². The largest absolute Gasteiger partial charge is 0.383 e. The number of carbonyl (C=O) groups excluding carboxylic acids is 2. The van der Waals surface area contributed by atoms with Crippen LogP contribution in [0.3, 0.4) is 0 Å². The fourth-order valence-electron chi connectivity index (χ4n) is 6.87. The first-order valence-electron chi connectivity index (χ1n) is 16.1. The van der Waals surface area contributed by atoms with Crippen LogP contribution in [0.25, 0.3) is 0 Å². The predicted molar refractivity (Wildman–Crippen MR) is 170 cm³/mol. The lowest BCUT2D eigenvalue weighted by Crippen LogP contribution is -2.52. The summed E-state index contributed by atoms with van der Waals surface area (Å²) >= 11 is 0. The zero-order valence-electron chi connectivity index (χ0n) is 25.9. The molecule has 3 heterocycles. The molecule has 2 aliphatic heterocycles. The van der Waals surface area contributed by atoms with Crippen molar-refractivity contribution in [1.82, 2.24) is 20.1 Å². The average molecular weight is 590 g/mol. The number of fused-ring (bicyclic) bond motifs is 1. The van der Waals surface area contributed by atoms with Crippen LogP contribution in [0.5, 0.6) is 0 Å². The van der Waals surface area contributed by atoms with Crippen LogP contribution < -0.4 is 20.4 Å². The predicted octanol–water partition coefficient (Wildman–Crippen LogP) is 3.71. The number of likely N-dealkylation sites (N-methyl/N-ethyl adjacent to an activating group) is 1. The molecule has 4 aliphatic rings. The van der Waals surface area contributed by atoms with E-state index in [-0.39, 0.29) is 23.9 Å². The van der Waals surface area contributed by atoms with Crippen molar-refractivity contribution in [3.05, 3.63) is 42.0 Å². The van der Waals surface area contributed by atoms with E-state index < -0.39 is 0 Å². The molecule has 1 saturated heterocycles. The van der Waals surface area contributed by atoms with Crippen LogP contribution in [0.15, 0.2) is 36.4 Å². The highest BCUT2D eigenvalue weighted by Gasteiger charge is 2.35. The molecule has 43 heavy (non-hydrogen) atoms. The van der Waals surface area contributed by atoms with Crippen LogP contribution in [0.1, 0.15) is 55.8 Å². The Morgan fingerprint density at radius 2 is 1.70 bits per heavy atom.